The molecule has 2 aromatic carbocycles. The molecule has 21 heteroatoms. The average Bonchev–Trinajstić information content (AvgIpc) is 3.71. The summed E-state index contributed by atoms with van der Waals surface area (Å²) < 4.78 is 13.2. The molecule has 0 bridgehead atoms. The number of nitrogens with one attached hydrogen (secondary N) is 2. The summed E-state index contributed by atoms with van der Waals surface area (Å²) in [4.78, 5) is 100. The second kappa shape index (κ2) is 24.6. The van der Waals surface area contributed by atoms with Crippen molar-refractivity contribution in [3.8, 4) is 11.5 Å². The molecule has 1 saturated carbocycles. The van der Waals surface area contributed by atoms with E-state index in [-0.39, 0.29) is 70.2 Å². The molecule has 4 atom stereocenters. The molecule has 0 spiro atoms. The Hall–Kier alpha value is -6.00. The van der Waals surface area contributed by atoms with E-state index >= 15 is 0 Å². The first-order valence-corrected chi connectivity index (χ1v) is 30.1. The fraction of sp³-hybridized carbons (Fsp3) is 0.439. The highest BCUT2D eigenvalue weighted by atomic mass is 32.2. The predicted molar refractivity (Wildman–Crippen MR) is 311 cm³/mol. The number of rotatable bonds is 15. The predicted octanol–water partition coefficient (Wildman–Crippen LogP) is 11.0. The van der Waals surface area contributed by atoms with Gasteiger partial charge in [-0.05, 0) is 109 Å². The number of carbonyl (C=O) groups is 6. The van der Waals surface area contributed by atoms with Crippen LogP contribution in [-0.2, 0) is 14.4 Å². The van der Waals surface area contributed by atoms with Crippen molar-refractivity contribution in [3.63, 3.8) is 0 Å². The van der Waals surface area contributed by atoms with Gasteiger partial charge in [0.25, 0.3) is 17.7 Å². The zero-order valence-electron chi connectivity index (χ0n) is 45.8. The molecule has 414 valence electrons. The average molecular weight is 1150 g/mol. The Balaban J connectivity index is 0.875. The maximum atomic E-state index is 14.6. The van der Waals surface area contributed by atoms with Gasteiger partial charge < -0.3 is 34.4 Å². The Morgan fingerprint density at radius 3 is 1.68 bits per heavy atom. The molecule has 3 aliphatic rings. The normalized spacial score (nSPS) is 19.0. The third-order valence-corrected chi connectivity index (χ3v) is 19.3. The topological polar surface area (TPSA) is 184 Å². The number of aryl methyl sites for hydroxylation is 2. The van der Waals surface area contributed by atoms with Crippen molar-refractivity contribution in [1.82, 2.24) is 29.6 Å². The Bertz CT molecular complexity index is 3100. The number of nitrogens with zero attached hydrogens (tertiary/aromatic N) is 6. The number of aromatic nitrogens is 2. The van der Waals surface area contributed by atoms with Gasteiger partial charge in [0.15, 0.2) is 10.3 Å². The van der Waals surface area contributed by atoms with Crippen LogP contribution in [0.15, 0.2) is 96.5 Å². The maximum absolute atomic E-state index is 14.6. The van der Waals surface area contributed by atoms with E-state index in [2.05, 4.69) is 68.7 Å². The van der Waals surface area contributed by atoms with Gasteiger partial charge in [0.2, 0.25) is 17.7 Å². The number of hydrogen-bond acceptors (Lipinski definition) is 15. The van der Waals surface area contributed by atoms with Crippen LogP contribution in [0.2, 0.25) is 0 Å². The summed E-state index contributed by atoms with van der Waals surface area (Å²) in [6.45, 7) is 22.7. The summed E-state index contributed by atoms with van der Waals surface area (Å²) >= 11 is 7.06. The summed E-state index contributed by atoms with van der Waals surface area (Å²) in [7, 11) is 3.10. The fourth-order valence-corrected chi connectivity index (χ4v) is 14.3. The number of carbonyl (C=O) groups excluding carboxylic acids is 6. The number of allylic oxidation sites excluding steroid dienone is 1. The van der Waals surface area contributed by atoms with Crippen LogP contribution < -0.4 is 20.1 Å². The number of ether oxygens (including phenoxy) is 2. The van der Waals surface area contributed by atoms with E-state index in [9.17, 15) is 28.8 Å². The van der Waals surface area contributed by atoms with Gasteiger partial charge >= 0.3 is 0 Å². The van der Waals surface area contributed by atoms with Gasteiger partial charge in [-0.3, -0.25) is 34.1 Å². The first-order chi connectivity index (χ1) is 37.1. The number of amides is 6. The highest BCUT2D eigenvalue weighted by Gasteiger charge is 2.43. The molecule has 16 nitrogen and oxygen atoms in total. The molecule has 1 aliphatic carbocycles. The van der Waals surface area contributed by atoms with E-state index in [4.69, 9.17) is 9.47 Å². The van der Waals surface area contributed by atoms with Crippen molar-refractivity contribution < 1.29 is 38.2 Å². The van der Waals surface area contributed by atoms with Crippen molar-refractivity contribution in [2.24, 2.45) is 22.7 Å². The number of thiazole rings is 2. The van der Waals surface area contributed by atoms with Crippen LogP contribution in [0.3, 0.4) is 0 Å². The molecular formula is C57H68N8O8S5. The standard InChI is InChI=1S/C57H68N8O8S5/c1-12-46(66)64-20-13-18-62(30-44(64)56(4,5)6)52(70)38-26-43(34(3)24-40(38)72-10)76-49-29-59-55(78-49)61-51(69)37-25-35(37)15-16-47(67)65-21-14-19-63(31-45(65)57(7,8)9)53(71)39-27-42(33(2)23-41(39)73-11)75-48-28-58-54(77-48)60-50(68)36-17-22-74-32-36/h12,15-17,22-24,26-29,32,35,37,44-45H,1,13-14,18-21,25,30-31H2,2-11H3,(H,58,60,68)(H,59,61,69)/b16-15+/t35?,37?,44-,45-/m0/s1. The fourth-order valence-electron chi connectivity index (χ4n) is 9.76. The molecule has 2 aliphatic heterocycles. The monoisotopic (exact) mass is 1150 g/mol. The number of thiophene rings is 1. The van der Waals surface area contributed by atoms with Gasteiger partial charge in [0.1, 0.15) is 11.5 Å². The van der Waals surface area contributed by atoms with Crippen LogP contribution >= 0.6 is 57.5 Å². The van der Waals surface area contributed by atoms with E-state index in [1.165, 1.54) is 63.6 Å². The molecule has 2 N–H and O–H groups in total. The molecule has 8 rings (SSSR count). The summed E-state index contributed by atoms with van der Waals surface area (Å²) in [5, 5.41) is 10.4. The molecule has 2 unspecified atom stereocenters. The minimum Gasteiger partial charge on any atom is -0.496 e. The van der Waals surface area contributed by atoms with Gasteiger partial charge in [0.05, 0.1) is 63.8 Å². The lowest BCUT2D eigenvalue weighted by molar-refractivity contribution is -0.131. The third-order valence-electron chi connectivity index (χ3n) is 14.2. The largest absolute Gasteiger partial charge is 0.496 e. The van der Waals surface area contributed by atoms with E-state index in [0.717, 1.165) is 29.3 Å². The van der Waals surface area contributed by atoms with Crippen LogP contribution in [0.5, 0.6) is 11.5 Å². The van der Waals surface area contributed by atoms with Gasteiger partial charge in [-0.15, -0.1) is 0 Å². The van der Waals surface area contributed by atoms with Crippen molar-refractivity contribution in [1.29, 1.82) is 0 Å². The van der Waals surface area contributed by atoms with Gasteiger partial charge in [-0.25, -0.2) is 9.97 Å². The van der Waals surface area contributed by atoms with Crippen molar-refractivity contribution in [3.05, 3.63) is 106 Å². The Morgan fingerprint density at radius 2 is 1.22 bits per heavy atom. The van der Waals surface area contributed by atoms with E-state index < -0.39 is 0 Å². The Morgan fingerprint density at radius 1 is 0.718 bits per heavy atom. The quantitative estimate of drug-likeness (QED) is 0.0947. The lowest BCUT2D eigenvalue weighted by atomic mass is 9.85. The Kier molecular flexibility index (Phi) is 18.3. The van der Waals surface area contributed by atoms with Crippen LogP contribution in [0.25, 0.3) is 0 Å². The molecule has 0 radical (unpaired) electrons. The minimum atomic E-state index is -0.382. The summed E-state index contributed by atoms with van der Waals surface area (Å²) in [5.74, 6) is -0.557. The van der Waals surface area contributed by atoms with E-state index in [0.29, 0.717) is 97.0 Å². The number of anilines is 2. The van der Waals surface area contributed by atoms with E-state index in [1.54, 1.807) is 44.1 Å². The van der Waals surface area contributed by atoms with Crippen molar-refractivity contribution in [2.45, 2.75) is 105 Å². The zero-order valence-corrected chi connectivity index (χ0v) is 49.9. The van der Waals surface area contributed by atoms with Crippen LogP contribution in [0, 0.1) is 36.5 Å². The number of benzene rings is 2. The highest BCUT2D eigenvalue weighted by Crippen LogP contribution is 2.44. The zero-order chi connectivity index (χ0) is 56.2. The van der Waals surface area contributed by atoms with Crippen molar-refractivity contribution >= 4 is 103 Å². The van der Waals surface area contributed by atoms with Crippen LogP contribution in [0.4, 0.5) is 10.3 Å². The summed E-state index contributed by atoms with van der Waals surface area (Å²) in [5.41, 5.74) is 2.59. The number of methoxy groups -OCH3 is 2. The molecule has 2 saturated heterocycles. The SMILES string of the molecule is C=CC(=O)N1CCCN(C(=O)c2cc(Sc3cnc(NC(=O)C4CC4/C=C/C(=O)N4CCCN(C(=O)c5cc(Sc6cnc(NC(=O)c7ccsc7)s6)c(C)cc5OC)C[C@H]4C(C)(C)C)s3)c(C)cc2OC)C[C@H]1C(C)(C)C. The first kappa shape index (κ1) is 58.2. The van der Waals surface area contributed by atoms with Crippen LogP contribution in [0.1, 0.15) is 103 Å². The second-order valence-electron chi connectivity index (χ2n) is 21.9. The Labute approximate surface area is 477 Å². The lowest BCUT2D eigenvalue weighted by Crippen LogP contribution is -2.51. The second-order valence-corrected chi connectivity index (χ2v) is 27.4. The molecule has 5 aromatic rings. The maximum Gasteiger partial charge on any atom is 0.258 e. The molecule has 5 heterocycles. The molecule has 78 heavy (non-hydrogen) atoms. The molecular weight excluding hydrogens is 1090 g/mol. The van der Waals surface area contributed by atoms with E-state index in [1.807, 2.05) is 69.2 Å². The number of hydrogen-bond donors (Lipinski definition) is 2. The summed E-state index contributed by atoms with van der Waals surface area (Å²) in [6, 6.07) is 8.68. The van der Waals surface area contributed by atoms with Crippen LogP contribution in [-0.4, -0.2) is 131 Å². The minimum absolute atomic E-state index is 0.116. The third kappa shape index (κ3) is 13.7. The van der Waals surface area contributed by atoms with Gasteiger partial charge in [-0.2, -0.15) is 11.3 Å². The first-order valence-electron chi connectivity index (χ1n) is 25.9. The van der Waals surface area contributed by atoms with Gasteiger partial charge in [-0.1, -0.05) is 100 Å². The van der Waals surface area contributed by atoms with Crippen molar-refractivity contribution in [2.75, 3.05) is 64.1 Å². The summed E-state index contributed by atoms with van der Waals surface area (Å²) in [6.07, 6.45) is 9.98. The highest BCUT2D eigenvalue weighted by molar-refractivity contribution is 8.01. The molecule has 3 fully saturated rings. The molecule has 6 amide bonds. The smallest absolute Gasteiger partial charge is 0.258 e. The lowest BCUT2D eigenvalue weighted by Gasteiger charge is -2.40. The molecule has 3 aromatic heterocycles. The van der Waals surface area contributed by atoms with Gasteiger partial charge in [0, 0.05) is 60.4 Å².